The van der Waals surface area contributed by atoms with Crippen LogP contribution in [0.4, 0.5) is 4.39 Å². The molecule has 0 radical (unpaired) electrons. The monoisotopic (exact) mass is 410 g/mol. The van der Waals surface area contributed by atoms with Crippen molar-refractivity contribution in [1.29, 1.82) is 0 Å². The number of aliphatic imine (C=N–C) groups is 1. The normalized spacial score (nSPS) is 14.6. The Balaban J connectivity index is 1.79. The van der Waals surface area contributed by atoms with E-state index in [1.807, 2.05) is 37.5 Å². The molecule has 0 spiro atoms. The molecule has 0 amide bonds. The molecule has 1 aromatic carbocycles. The van der Waals surface area contributed by atoms with Crippen molar-refractivity contribution in [3.05, 3.63) is 94.1 Å². The first-order valence-corrected chi connectivity index (χ1v) is 10.1. The molecule has 1 N–H and O–H groups in total. The second-order valence-electron chi connectivity index (χ2n) is 7.28. The van der Waals surface area contributed by atoms with Gasteiger partial charge in [-0.2, -0.15) is 5.10 Å². The molecule has 3 heterocycles. The fourth-order valence-corrected chi connectivity index (χ4v) is 3.47. The average molecular weight is 410 g/mol. The molecule has 2 aromatic heterocycles. The van der Waals surface area contributed by atoms with Crippen LogP contribution in [0.15, 0.2) is 77.1 Å². The van der Waals surface area contributed by atoms with Crippen molar-refractivity contribution >= 4 is 18.9 Å². The van der Waals surface area contributed by atoms with Gasteiger partial charge in [-0.3, -0.25) is 10.1 Å². The number of nitrogens with zero attached hydrogens (tertiary/aromatic N) is 3. The third kappa shape index (κ3) is 4.36. The summed E-state index contributed by atoms with van der Waals surface area (Å²) < 4.78 is 13.7. The van der Waals surface area contributed by atoms with E-state index in [1.165, 1.54) is 6.07 Å². The van der Waals surface area contributed by atoms with Crippen LogP contribution in [0.1, 0.15) is 19.0 Å². The number of benzene rings is 1. The van der Waals surface area contributed by atoms with Crippen LogP contribution in [0, 0.1) is 12.7 Å². The van der Waals surface area contributed by atoms with Gasteiger partial charge >= 0.3 is 0 Å². The lowest BCUT2D eigenvalue weighted by Crippen LogP contribution is -2.23. The van der Waals surface area contributed by atoms with Gasteiger partial charge in [0.25, 0.3) is 0 Å². The largest absolute Gasteiger partial charge is 0.276 e. The Morgan fingerprint density at radius 2 is 2.10 bits per heavy atom. The minimum Gasteiger partial charge on any atom is -0.276 e. The van der Waals surface area contributed by atoms with Crippen LogP contribution in [0.2, 0.25) is 0 Å². The Morgan fingerprint density at radius 1 is 1.23 bits per heavy atom. The standard InChI is InChI=1S/C26H23FN4/c1-4-19(21-7-5-6-12-28-15-21)13-22-14-20(9-8-17(22)2)23-16-29-31-26(23)25-11-10-24(27)18(3)30-25/h4,6-16H,2,5H2,1,3H3,(H,29,31)/b19-4+,22-13-. The number of nitrogens with one attached hydrogen (secondary N) is 1. The predicted molar refractivity (Wildman–Crippen MR) is 125 cm³/mol. The van der Waals surface area contributed by atoms with Crippen LogP contribution in [-0.2, 0) is 0 Å². The Bertz CT molecular complexity index is 1360. The molecule has 3 aromatic rings. The molecule has 1 aliphatic rings. The van der Waals surface area contributed by atoms with E-state index in [2.05, 4.69) is 51.0 Å². The summed E-state index contributed by atoms with van der Waals surface area (Å²) in [5.74, 6) is -0.325. The number of hydrogen-bond acceptors (Lipinski definition) is 3. The molecule has 0 aliphatic carbocycles. The molecule has 0 fully saturated rings. The Morgan fingerprint density at radius 3 is 2.90 bits per heavy atom. The number of aryl methyl sites for hydroxylation is 1. The molecule has 0 bridgehead atoms. The topological polar surface area (TPSA) is 53.9 Å². The fraction of sp³-hybridized carbons (Fsp3) is 0.115. The van der Waals surface area contributed by atoms with Crippen molar-refractivity contribution in [1.82, 2.24) is 15.2 Å². The molecule has 5 heteroatoms. The van der Waals surface area contributed by atoms with Gasteiger partial charge in [0.15, 0.2) is 0 Å². The molecular formula is C26H23FN4. The lowest BCUT2D eigenvalue weighted by Gasteiger charge is -2.06. The fourth-order valence-electron chi connectivity index (χ4n) is 3.47. The van der Waals surface area contributed by atoms with Gasteiger partial charge in [0.1, 0.15) is 5.82 Å². The number of H-pyrrole nitrogens is 1. The van der Waals surface area contributed by atoms with Crippen LogP contribution in [-0.4, -0.2) is 21.4 Å². The molecule has 154 valence electrons. The van der Waals surface area contributed by atoms with Crippen molar-refractivity contribution in [3.8, 4) is 22.5 Å². The molecular weight excluding hydrogens is 387 g/mol. The highest BCUT2D eigenvalue weighted by Gasteiger charge is 2.12. The van der Waals surface area contributed by atoms with Gasteiger partial charge in [-0.1, -0.05) is 36.9 Å². The predicted octanol–water partition coefficient (Wildman–Crippen LogP) is 4.64. The first-order chi connectivity index (χ1) is 15.1. The quantitative estimate of drug-likeness (QED) is 0.681. The van der Waals surface area contributed by atoms with E-state index in [1.54, 1.807) is 19.2 Å². The average Bonchev–Trinajstić information content (AvgIpc) is 3.10. The highest BCUT2D eigenvalue weighted by Crippen LogP contribution is 2.28. The third-order valence-electron chi connectivity index (χ3n) is 5.21. The maximum atomic E-state index is 13.7. The summed E-state index contributed by atoms with van der Waals surface area (Å²) in [7, 11) is 0. The molecule has 0 unspecified atom stereocenters. The maximum absolute atomic E-state index is 13.7. The Hall–Kier alpha value is -3.86. The summed E-state index contributed by atoms with van der Waals surface area (Å²) in [6, 6.07) is 9.17. The van der Waals surface area contributed by atoms with Gasteiger partial charge in [0, 0.05) is 18.0 Å². The number of rotatable bonds is 4. The number of halogens is 1. The number of aromatic nitrogens is 3. The lowest BCUT2D eigenvalue weighted by atomic mass is 10.00. The summed E-state index contributed by atoms with van der Waals surface area (Å²) in [6.45, 7) is 7.86. The van der Waals surface area contributed by atoms with Crippen molar-refractivity contribution < 1.29 is 4.39 Å². The SMILES string of the molecule is C=c1ccc(-c2cn[nH]c2-c2ccc(F)c(C)n2)c/c1=C/C(=C\C)C1=CCC=CN=C1. The van der Waals surface area contributed by atoms with E-state index in [-0.39, 0.29) is 5.82 Å². The number of allylic oxidation sites excluding steroid dienone is 5. The van der Waals surface area contributed by atoms with E-state index in [0.29, 0.717) is 11.4 Å². The molecule has 31 heavy (non-hydrogen) atoms. The number of pyridine rings is 1. The molecule has 4 rings (SSSR count). The van der Waals surface area contributed by atoms with Crippen LogP contribution < -0.4 is 10.4 Å². The molecule has 0 saturated carbocycles. The first-order valence-electron chi connectivity index (χ1n) is 10.1. The van der Waals surface area contributed by atoms with Crippen LogP contribution in [0.3, 0.4) is 0 Å². The van der Waals surface area contributed by atoms with E-state index in [9.17, 15) is 4.39 Å². The van der Waals surface area contributed by atoms with E-state index >= 15 is 0 Å². The zero-order chi connectivity index (χ0) is 21.8. The lowest BCUT2D eigenvalue weighted by molar-refractivity contribution is 0.610. The summed E-state index contributed by atoms with van der Waals surface area (Å²) in [6.07, 6.45) is 14.7. The smallest absolute Gasteiger partial charge is 0.144 e. The van der Waals surface area contributed by atoms with Gasteiger partial charge in [-0.05, 0) is 71.7 Å². The third-order valence-corrected chi connectivity index (χ3v) is 5.21. The molecule has 4 nitrogen and oxygen atoms in total. The Kier molecular flexibility index (Phi) is 5.85. The molecule has 1 aliphatic heterocycles. The minimum atomic E-state index is -0.325. The van der Waals surface area contributed by atoms with Crippen molar-refractivity contribution in [3.63, 3.8) is 0 Å². The zero-order valence-corrected chi connectivity index (χ0v) is 17.6. The number of hydrogen-bond donors (Lipinski definition) is 1. The maximum Gasteiger partial charge on any atom is 0.144 e. The van der Waals surface area contributed by atoms with Crippen molar-refractivity contribution in [2.75, 3.05) is 0 Å². The number of aromatic amines is 1. The van der Waals surface area contributed by atoms with Crippen molar-refractivity contribution in [2.45, 2.75) is 20.3 Å². The summed E-state index contributed by atoms with van der Waals surface area (Å²) in [5, 5.41) is 9.15. The summed E-state index contributed by atoms with van der Waals surface area (Å²) in [4.78, 5) is 8.68. The van der Waals surface area contributed by atoms with E-state index in [0.717, 1.165) is 44.8 Å². The van der Waals surface area contributed by atoms with Crippen LogP contribution in [0.5, 0.6) is 0 Å². The zero-order valence-electron chi connectivity index (χ0n) is 17.6. The van der Waals surface area contributed by atoms with Gasteiger partial charge in [-0.25, -0.2) is 9.37 Å². The van der Waals surface area contributed by atoms with Gasteiger partial charge in [0.2, 0.25) is 0 Å². The minimum absolute atomic E-state index is 0.325. The second kappa shape index (κ2) is 8.88. The Labute approximate surface area is 180 Å². The van der Waals surface area contributed by atoms with E-state index < -0.39 is 0 Å². The van der Waals surface area contributed by atoms with E-state index in [4.69, 9.17) is 0 Å². The van der Waals surface area contributed by atoms with Crippen LogP contribution >= 0.6 is 0 Å². The molecule has 0 saturated heterocycles. The van der Waals surface area contributed by atoms with Gasteiger partial charge < -0.3 is 0 Å². The summed E-state index contributed by atoms with van der Waals surface area (Å²) in [5.41, 5.74) is 5.79. The van der Waals surface area contributed by atoms with Gasteiger partial charge in [-0.15, -0.1) is 0 Å². The van der Waals surface area contributed by atoms with Crippen molar-refractivity contribution in [2.24, 2.45) is 4.99 Å². The first kappa shape index (κ1) is 20.4. The second-order valence-corrected chi connectivity index (χ2v) is 7.28. The van der Waals surface area contributed by atoms with Crippen LogP contribution in [0.25, 0.3) is 35.2 Å². The van der Waals surface area contributed by atoms with Gasteiger partial charge in [0.05, 0.1) is 23.3 Å². The summed E-state index contributed by atoms with van der Waals surface area (Å²) >= 11 is 0. The highest BCUT2D eigenvalue weighted by molar-refractivity contribution is 5.90. The molecule has 0 atom stereocenters. The highest BCUT2D eigenvalue weighted by atomic mass is 19.1.